The highest BCUT2D eigenvalue weighted by Gasteiger charge is 2.37. The molecule has 1 aromatic rings. The fourth-order valence-electron chi connectivity index (χ4n) is 2.44. The summed E-state index contributed by atoms with van der Waals surface area (Å²) >= 11 is 3.44. The Hall–Kier alpha value is -1.68. The minimum absolute atomic E-state index is 0.0338. The summed E-state index contributed by atoms with van der Waals surface area (Å²) in [6, 6.07) is 5.75. The number of rotatable bonds is 0. The van der Waals surface area contributed by atoms with Gasteiger partial charge in [0, 0.05) is 22.0 Å². The molecule has 18 heavy (non-hydrogen) atoms. The molecule has 3 nitrogen and oxygen atoms in total. The fourth-order valence-corrected chi connectivity index (χ4v) is 2.80. The topological polar surface area (TPSA) is 46.2 Å². The molecule has 0 saturated heterocycles. The quantitative estimate of drug-likeness (QED) is 0.801. The van der Waals surface area contributed by atoms with Crippen LogP contribution in [0, 0.1) is 0 Å². The van der Waals surface area contributed by atoms with Gasteiger partial charge in [-0.25, -0.2) is 0 Å². The summed E-state index contributed by atoms with van der Waals surface area (Å²) in [6.07, 6.45) is 7.03. The van der Waals surface area contributed by atoms with Crippen LogP contribution in [0.5, 0.6) is 0 Å². The van der Waals surface area contributed by atoms with Gasteiger partial charge in [-0.15, -0.1) is 0 Å². The lowest BCUT2D eigenvalue weighted by Crippen LogP contribution is -2.35. The first-order valence-corrected chi connectivity index (χ1v) is 6.41. The molecule has 1 N–H and O–H groups in total. The zero-order valence-corrected chi connectivity index (χ0v) is 11.0. The lowest BCUT2D eigenvalue weighted by Gasteiger charge is -2.35. The maximum Gasteiger partial charge on any atom is 0.225 e. The molecular weight excluding hydrogens is 294 g/mol. The van der Waals surface area contributed by atoms with E-state index < -0.39 is 5.41 Å². The number of allylic oxidation sites excluding steroid dienone is 4. The summed E-state index contributed by atoms with van der Waals surface area (Å²) in [7, 11) is 0. The van der Waals surface area contributed by atoms with Crippen LogP contribution in [0.15, 0.2) is 47.0 Å². The zero-order chi connectivity index (χ0) is 12.8. The van der Waals surface area contributed by atoms with Gasteiger partial charge in [-0.05, 0) is 35.9 Å². The summed E-state index contributed by atoms with van der Waals surface area (Å²) < 4.78 is 0.954. The Morgan fingerprint density at radius 2 is 1.89 bits per heavy atom. The van der Waals surface area contributed by atoms with Gasteiger partial charge in [-0.2, -0.15) is 0 Å². The van der Waals surface area contributed by atoms with Crippen LogP contribution in [0.25, 0.3) is 0 Å². The maximum absolute atomic E-state index is 11.8. The molecule has 1 spiro atoms. The van der Waals surface area contributed by atoms with Crippen molar-refractivity contribution < 1.29 is 9.59 Å². The fraction of sp³-hybridized carbons (Fsp3) is 0.143. The summed E-state index contributed by atoms with van der Waals surface area (Å²) in [4.78, 5) is 23.1. The summed E-state index contributed by atoms with van der Waals surface area (Å²) in [6.45, 7) is 0. The van der Waals surface area contributed by atoms with Crippen LogP contribution in [0.1, 0.15) is 12.0 Å². The average Bonchev–Trinajstić information content (AvgIpc) is 2.34. The first-order valence-electron chi connectivity index (χ1n) is 5.61. The second kappa shape index (κ2) is 3.92. The zero-order valence-electron chi connectivity index (χ0n) is 9.44. The molecule has 0 atom stereocenters. The van der Waals surface area contributed by atoms with Crippen LogP contribution in [0.2, 0.25) is 0 Å². The third kappa shape index (κ3) is 1.73. The van der Waals surface area contributed by atoms with E-state index in [1.54, 1.807) is 0 Å². The number of fused-ring (bicyclic) bond motifs is 2. The Balaban J connectivity index is 2.21. The van der Waals surface area contributed by atoms with E-state index in [0.29, 0.717) is 6.42 Å². The molecule has 0 bridgehead atoms. The lowest BCUT2D eigenvalue weighted by atomic mass is 9.72. The minimum atomic E-state index is -0.491. The molecule has 3 rings (SSSR count). The van der Waals surface area contributed by atoms with Crippen LogP contribution >= 0.6 is 15.9 Å². The van der Waals surface area contributed by atoms with Gasteiger partial charge < -0.3 is 5.32 Å². The largest absolute Gasteiger partial charge is 0.326 e. The molecule has 0 unspecified atom stereocenters. The number of hydrogen-bond donors (Lipinski definition) is 1. The molecule has 2 aliphatic rings. The molecule has 0 radical (unpaired) electrons. The predicted octanol–water partition coefficient (Wildman–Crippen LogP) is 2.72. The Kier molecular flexibility index (Phi) is 2.48. The van der Waals surface area contributed by atoms with Gasteiger partial charge in [-0.1, -0.05) is 28.1 Å². The Labute approximate surface area is 113 Å². The summed E-state index contributed by atoms with van der Waals surface area (Å²) in [5.41, 5.74) is 1.32. The van der Waals surface area contributed by atoms with E-state index in [9.17, 15) is 9.59 Å². The van der Waals surface area contributed by atoms with E-state index >= 15 is 0 Å². The molecule has 1 aliphatic heterocycles. The third-order valence-electron chi connectivity index (χ3n) is 3.30. The normalized spacial score (nSPS) is 19.8. The van der Waals surface area contributed by atoms with Gasteiger partial charge in [0.1, 0.15) is 0 Å². The standard InChI is InChI=1S/C14H10BrNO2/c15-9-1-2-12-11(7-9)14(8-13(18)16-12)5-3-10(17)4-6-14/h1-7H,8H2,(H,16,18). The van der Waals surface area contributed by atoms with E-state index in [1.807, 2.05) is 30.4 Å². The molecule has 0 aromatic heterocycles. The number of hydrogen-bond acceptors (Lipinski definition) is 2. The van der Waals surface area contributed by atoms with Crippen molar-refractivity contribution in [2.24, 2.45) is 0 Å². The van der Waals surface area contributed by atoms with Gasteiger partial charge >= 0.3 is 0 Å². The van der Waals surface area contributed by atoms with Crippen molar-refractivity contribution in [2.75, 3.05) is 5.32 Å². The maximum atomic E-state index is 11.8. The van der Waals surface area contributed by atoms with E-state index in [-0.39, 0.29) is 11.7 Å². The van der Waals surface area contributed by atoms with Gasteiger partial charge in [0.2, 0.25) is 5.91 Å². The van der Waals surface area contributed by atoms with Crippen molar-refractivity contribution in [2.45, 2.75) is 11.8 Å². The van der Waals surface area contributed by atoms with Gasteiger partial charge in [0.25, 0.3) is 0 Å². The van der Waals surface area contributed by atoms with E-state index in [4.69, 9.17) is 0 Å². The number of carbonyl (C=O) groups excluding carboxylic acids is 2. The molecule has 0 saturated carbocycles. The molecule has 1 aromatic carbocycles. The van der Waals surface area contributed by atoms with Gasteiger partial charge in [-0.3, -0.25) is 9.59 Å². The smallest absolute Gasteiger partial charge is 0.225 e. The summed E-state index contributed by atoms with van der Waals surface area (Å²) in [5.74, 6) is -0.0726. The van der Waals surface area contributed by atoms with Crippen LogP contribution in [-0.4, -0.2) is 11.7 Å². The average molecular weight is 304 g/mol. The van der Waals surface area contributed by atoms with Crippen molar-refractivity contribution in [1.29, 1.82) is 0 Å². The van der Waals surface area contributed by atoms with E-state index in [2.05, 4.69) is 21.2 Å². The SMILES string of the molecule is O=C1C=CC2(C=C1)CC(=O)Nc1ccc(Br)cc12. The number of amides is 1. The van der Waals surface area contributed by atoms with Crippen molar-refractivity contribution in [3.63, 3.8) is 0 Å². The highest BCUT2D eigenvalue weighted by molar-refractivity contribution is 9.10. The molecule has 1 heterocycles. The van der Waals surface area contributed by atoms with Crippen LogP contribution < -0.4 is 5.32 Å². The van der Waals surface area contributed by atoms with Crippen molar-refractivity contribution in [1.82, 2.24) is 0 Å². The number of carbonyl (C=O) groups is 2. The van der Waals surface area contributed by atoms with Crippen LogP contribution in [0.4, 0.5) is 5.69 Å². The first-order chi connectivity index (χ1) is 8.59. The van der Waals surface area contributed by atoms with E-state index in [0.717, 1.165) is 15.7 Å². The predicted molar refractivity (Wildman–Crippen MR) is 72.4 cm³/mol. The molecular formula is C14H10BrNO2. The van der Waals surface area contributed by atoms with Crippen LogP contribution in [0.3, 0.4) is 0 Å². The monoisotopic (exact) mass is 303 g/mol. The van der Waals surface area contributed by atoms with Crippen LogP contribution in [-0.2, 0) is 15.0 Å². The highest BCUT2D eigenvalue weighted by atomic mass is 79.9. The second-order valence-corrected chi connectivity index (χ2v) is 5.44. The Morgan fingerprint density at radius 1 is 1.17 bits per heavy atom. The Morgan fingerprint density at radius 3 is 2.61 bits per heavy atom. The molecule has 0 fully saturated rings. The van der Waals surface area contributed by atoms with Crippen molar-refractivity contribution in [3.05, 3.63) is 52.5 Å². The number of nitrogens with one attached hydrogen (secondary N) is 1. The van der Waals surface area contributed by atoms with Gasteiger partial charge in [0.05, 0.1) is 0 Å². The number of benzene rings is 1. The van der Waals surface area contributed by atoms with Crippen molar-refractivity contribution >= 4 is 33.3 Å². The molecule has 1 amide bonds. The van der Waals surface area contributed by atoms with Gasteiger partial charge in [0.15, 0.2) is 5.78 Å². The van der Waals surface area contributed by atoms with E-state index in [1.165, 1.54) is 12.2 Å². The number of anilines is 1. The summed E-state index contributed by atoms with van der Waals surface area (Å²) in [5, 5.41) is 2.86. The third-order valence-corrected chi connectivity index (χ3v) is 3.79. The molecule has 1 aliphatic carbocycles. The Bertz CT molecular complexity index is 600. The second-order valence-electron chi connectivity index (χ2n) is 4.52. The number of ketones is 1. The molecule has 4 heteroatoms. The minimum Gasteiger partial charge on any atom is -0.326 e. The lowest BCUT2D eigenvalue weighted by molar-refractivity contribution is -0.117. The molecule has 90 valence electrons. The highest BCUT2D eigenvalue weighted by Crippen LogP contribution is 2.42. The van der Waals surface area contributed by atoms with Crippen molar-refractivity contribution in [3.8, 4) is 0 Å². The number of halogens is 1. The first kappa shape index (κ1) is 11.4.